The minimum atomic E-state index is -4.48. The van der Waals surface area contributed by atoms with Gasteiger partial charge >= 0.3 is 6.18 Å². The van der Waals surface area contributed by atoms with Crippen molar-refractivity contribution >= 4 is 17.5 Å². The monoisotopic (exact) mass is 470 g/mol. The fourth-order valence-corrected chi connectivity index (χ4v) is 4.12. The smallest absolute Gasteiger partial charge is 0.343 e. The van der Waals surface area contributed by atoms with Crippen molar-refractivity contribution in [1.82, 2.24) is 15.1 Å². The number of carbonyl (C=O) groups is 2. The number of nitrogens with zero attached hydrogens (tertiary/aromatic N) is 2. The zero-order valence-electron chi connectivity index (χ0n) is 19.1. The molecule has 0 bridgehead atoms. The molecule has 34 heavy (non-hydrogen) atoms. The first-order chi connectivity index (χ1) is 16.0. The van der Waals surface area contributed by atoms with E-state index in [1.165, 1.54) is 23.0 Å². The Labute approximate surface area is 195 Å². The number of nitrogens with one attached hydrogen (secondary N) is 2. The van der Waals surface area contributed by atoms with Crippen LogP contribution in [0, 0.1) is 20.8 Å². The van der Waals surface area contributed by atoms with Crippen LogP contribution in [0.5, 0.6) is 0 Å². The number of rotatable bonds is 6. The summed E-state index contributed by atoms with van der Waals surface area (Å²) in [6.45, 7) is 5.53. The van der Waals surface area contributed by atoms with Crippen LogP contribution in [0.2, 0.25) is 0 Å². The highest BCUT2D eigenvalue weighted by molar-refractivity contribution is 6.00. The van der Waals surface area contributed by atoms with Crippen LogP contribution in [-0.2, 0) is 11.0 Å². The van der Waals surface area contributed by atoms with Crippen LogP contribution in [-0.4, -0.2) is 28.1 Å². The Hall–Kier alpha value is -3.62. The van der Waals surface area contributed by atoms with Crippen molar-refractivity contribution in [3.63, 3.8) is 0 Å². The van der Waals surface area contributed by atoms with Crippen LogP contribution in [0.1, 0.15) is 57.1 Å². The molecule has 1 aliphatic rings. The highest BCUT2D eigenvalue weighted by Crippen LogP contribution is 2.42. The molecule has 1 aliphatic carbocycles. The van der Waals surface area contributed by atoms with Gasteiger partial charge in [0.05, 0.1) is 35.2 Å². The summed E-state index contributed by atoms with van der Waals surface area (Å²) in [4.78, 5) is 25.4. The molecule has 1 heterocycles. The van der Waals surface area contributed by atoms with E-state index in [0.717, 1.165) is 41.7 Å². The molecule has 3 aromatic rings. The van der Waals surface area contributed by atoms with Crippen molar-refractivity contribution < 1.29 is 22.8 Å². The Bertz CT molecular complexity index is 1240. The quantitative estimate of drug-likeness (QED) is 0.529. The van der Waals surface area contributed by atoms with E-state index in [0.29, 0.717) is 11.4 Å². The molecule has 9 heteroatoms. The van der Waals surface area contributed by atoms with Crippen molar-refractivity contribution in [2.24, 2.45) is 0 Å². The minimum Gasteiger partial charge on any atom is -0.343 e. The number of hydrogen-bond donors (Lipinski definition) is 2. The highest BCUT2D eigenvalue weighted by Gasteiger charge is 2.34. The number of aryl methyl sites for hydroxylation is 3. The Morgan fingerprint density at radius 1 is 1.09 bits per heavy atom. The zero-order valence-corrected chi connectivity index (χ0v) is 19.1. The Morgan fingerprint density at radius 3 is 2.38 bits per heavy atom. The summed E-state index contributed by atoms with van der Waals surface area (Å²) in [6.07, 6.45) is -1.51. The minimum absolute atomic E-state index is 0.0319. The average molecular weight is 470 g/mol. The van der Waals surface area contributed by atoms with E-state index >= 15 is 0 Å². The van der Waals surface area contributed by atoms with Crippen LogP contribution in [0.25, 0.3) is 5.69 Å². The van der Waals surface area contributed by atoms with Gasteiger partial charge in [-0.2, -0.15) is 18.3 Å². The first-order valence-electron chi connectivity index (χ1n) is 11.0. The number of amides is 2. The van der Waals surface area contributed by atoms with Gasteiger partial charge in [-0.05, 0) is 62.9 Å². The summed E-state index contributed by atoms with van der Waals surface area (Å²) in [5, 5.41) is 9.65. The van der Waals surface area contributed by atoms with E-state index in [1.807, 2.05) is 32.9 Å². The molecule has 0 aliphatic heterocycles. The first-order valence-corrected chi connectivity index (χ1v) is 11.0. The van der Waals surface area contributed by atoms with Gasteiger partial charge in [0.2, 0.25) is 5.91 Å². The van der Waals surface area contributed by atoms with Gasteiger partial charge in [0.1, 0.15) is 0 Å². The lowest BCUT2D eigenvalue weighted by atomic mass is 10.1. The fraction of sp³-hybridized carbons (Fsp3) is 0.320. The molecule has 2 N–H and O–H groups in total. The largest absolute Gasteiger partial charge is 0.416 e. The molecule has 6 nitrogen and oxygen atoms in total. The Morgan fingerprint density at radius 2 is 1.76 bits per heavy atom. The van der Waals surface area contributed by atoms with Gasteiger partial charge < -0.3 is 10.6 Å². The van der Waals surface area contributed by atoms with E-state index in [2.05, 4.69) is 15.7 Å². The number of hydrogen-bond acceptors (Lipinski definition) is 3. The molecular weight excluding hydrogens is 445 g/mol. The number of anilines is 1. The molecule has 1 fully saturated rings. The molecule has 0 saturated heterocycles. The third-order valence-corrected chi connectivity index (χ3v) is 5.78. The maximum atomic E-state index is 13.2. The van der Waals surface area contributed by atoms with Gasteiger partial charge in [-0.3, -0.25) is 9.59 Å². The molecule has 2 aromatic carbocycles. The molecule has 0 radical (unpaired) electrons. The summed E-state index contributed by atoms with van der Waals surface area (Å²) in [6, 6.07) is 8.77. The lowest BCUT2D eigenvalue weighted by Gasteiger charge is -2.14. The third-order valence-electron chi connectivity index (χ3n) is 5.78. The third kappa shape index (κ3) is 4.98. The number of halogens is 3. The average Bonchev–Trinajstić information content (AvgIpc) is 3.51. The molecule has 178 valence electrons. The highest BCUT2D eigenvalue weighted by atomic mass is 19.4. The van der Waals surface area contributed by atoms with Crippen molar-refractivity contribution in [3.05, 3.63) is 76.1 Å². The van der Waals surface area contributed by atoms with E-state index in [9.17, 15) is 22.8 Å². The van der Waals surface area contributed by atoms with E-state index < -0.39 is 17.6 Å². The number of alkyl halides is 3. The Kier molecular flexibility index (Phi) is 6.20. The number of carbonyl (C=O) groups excluding carboxylic acids is 2. The van der Waals surface area contributed by atoms with Crippen molar-refractivity contribution in [2.75, 3.05) is 11.9 Å². The summed E-state index contributed by atoms with van der Waals surface area (Å²) in [5.74, 6) is -0.834. The van der Waals surface area contributed by atoms with Crippen molar-refractivity contribution in [2.45, 2.75) is 45.7 Å². The maximum Gasteiger partial charge on any atom is 0.416 e. The predicted octanol–water partition coefficient (Wildman–Crippen LogP) is 5.06. The molecule has 0 unspecified atom stereocenters. The second kappa shape index (κ2) is 8.96. The fourth-order valence-electron chi connectivity index (χ4n) is 4.12. The second-order valence-corrected chi connectivity index (χ2v) is 8.68. The normalized spacial score (nSPS) is 13.6. The van der Waals surface area contributed by atoms with Crippen molar-refractivity contribution in [3.8, 4) is 5.69 Å². The van der Waals surface area contributed by atoms with Crippen LogP contribution in [0.3, 0.4) is 0 Å². The van der Waals surface area contributed by atoms with Gasteiger partial charge in [0.25, 0.3) is 5.91 Å². The lowest BCUT2D eigenvalue weighted by Crippen LogP contribution is -2.33. The molecule has 4 rings (SSSR count). The Balaban J connectivity index is 1.51. The van der Waals surface area contributed by atoms with Crippen LogP contribution < -0.4 is 10.6 Å². The molecule has 1 saturated carbocycles. The van der Waals surface area contributed by atoms with E-state index in [1.54, 1.807) is 0 Å². The van der Waals surface area contributed by atoms with Crippen LogP contribution in [0.4, 0.5) is 18.9 Å². The molecule has 0 atom stereocenters. The van der Waals surface area contributed by atoms with Gasteiger partial charge in [-0.1, -0.05) is 23.8 Å². The van der Waals surface area contributed by atoms with Gasteiger partial charge in [-0.25, -0.2) is 4.68 Å². The van der Waals surface area contributed by atoms with Gasteiger partial charge in [0.15, 0.2) is 0 Å². The van der Waals surface area contributed by atoms with Gasteiger partial charge in [-0.15, -0.1) is 0 Å². The number of aromatic nitrogens is 2. The molecular formula is C25H25F3N4O2. The summed E-state index contributed by atoms with van der Waals surface area (Å²) in [7, 11) is 0. The SMILES string of the molecule is Cc1cc(C)c(NC(=O)CNC(=O)c2cnn(-c3cccc(C(F)(F)F)c3)c2C2CC2)c(C)c1. The molecule has 0 spiro atoms. The molecule has 1 aromatic heterocycles. The summed E-state index contributed by atoms with van der Waals surface area (Å²) >= 11 is 0. The maximum absolute atomic E-state index is 13.2. The topological polar surface area (TPSA) is 76.0 Å². The van der Waals surface area contributed by atoms with Crippen LogP contribution >= 0.6 is 0 Å². The second-order valence-electron chi connectivity index (χ2n) is 8.68. The predicted molar refractivity (Wildman–Crippen MR) is 122 cm³/mol. The lowest BCUT2D eigenvalue weighted by molar-refractivity contribution is -0.137. The first kappa shape index (κ1) is 23.5. The van der Waals surface area contributed by atoms with Crippen LogP contribution in [0.15, 0.2) is 42.6 Å². The standard InChI is InChI=1S/C25H25F3N4O2/c1-14-9-15(2)22(16(3)10-14)31-21(33)13-29-24(34)20-12-30-32(23(20)17-7-8-17)19-6-4-5-18(11-19)25(26,27)28/h4-6,9-12,17H,7-8,13H2,1-3H3,(H,29,34)(H,31,33). The summed E-state index contributed by atoms with van der Waals surface area (Å²) < 4.78 is 40.9. The molecule has 2 amide bonds. The summed E-state index contributed by atoms with van der Waals surface area (Å²) in [5.41, 5.74) is 3.92. The van der Waals surface area contributed by atoms with E-state index in [4.69, 9.17) is 0 Å². The number of benzene rings is 2. The van der Waals surface area contributed by atoms with Crippen molar-refractivity contribution in [1.29, 1.82) is 0 Å². The zero-order chi connectivity index (χ0) is 24.6. The van der Waals surface area contributed by atoms with E-state index in [-0.39, 0.29) is 29.6 Å². The van der Waals surface area contributed by atoms with Gasteiger partial charge in [0, 0.05) is 11.6 Å².